The van der Waals surface area contributed by atoms with Crippen molar-refractivity contribution in [2.24, 2.45) is 0 Å². The molecule has 2 aromatic carbocycles. The van der Waals surface area contributed by atoms with Gasteiger partial charge in [0.1, 0.15) is 6.61 Å². The number of aromatic nitrogens is 2. The zero-order chi connectivity index (χ0) is 20.6. The summed E-state index contributed by atoms with van der Waals surface area (Å²) in [4.78, 5) is 9.53. The smallest absolute Gasteiger partial charge is 0.223 e. The van der Waals surface area contributed by atoms with Gasteiger partial charge in [-0.2, -0.15) is 4.98 Å². The van der Waals surface area contributed by atoms with Gasteiger partial charge in [0.25, 0.3) is 0 Å². The van der Waals surface area contributed by atoms with Crippen molar-refractivity contribution in [1.82, 2.24) is 9.97 Å². The van der Waals surface area contributed by atoms with Crippen LogP contribution in [0.2, 0.25) is 0 Å². The molecule has 0 amide bonds. The van der Waals surface area contributed by atoms with E-state index >= 15 is 0 Å². The maximum atomic E-state index is 6.59. The van der Waals surface area contributed by atoms with Crippen LogP contribution < -0.4 is 4.74 Å². The molecule has 3 aromatic rings. The number of ether oxygens (including phenoxy) is 2. The Bertz CT molecular complexity index is 1080. The summed E-state index contributed by atoms with van der Waals surface area (Å²) < 4.78 is 13.8. The van der Waals surface area contributed by atoms with E-state index < -0.39 is 0 Å². The standard InChI is InChI=1S/C24H23BrN2O2S/c1-30-23-26-21-13-24(11-5-8-17-9-10-18(25)12-20(17)24)29-15-19(21)22(27-23)28-14-16-6-3-2-4-7-16/h2-4,6-7,9-10,12H,5,8,11,13-15H2,1H3/t24-/m0/s1. The highest BCUT2D eigenvalue weighted by atomic mass is 79.9. The lowest BCUT2D eigenvalue weighted by molar-refractivity contribution is -0.0868. The molecule has 5 rings (SSSR count). The van der Waals surface area contributed by atoms with Crippen LogP contribution in [0.25, 0.3) is 0 Å². The van der Waals surface area contributed by atoms with Gasteiger partial charge in [-0.05, 0) is 54.3 Å². The fraction of sp³-hybridized carbons (Fsp3) is 0.333. The van der Waals surface area contributed by atoms with Crippen molar-refractivity contribution in [2.45, 2.75) is 49.7 Å². The van der Waals surface area contributed by atoms with E-state index in [2.05, 4.69) is 51.2 Å². The fourth-order valence-corrected chi connectivity index (χ4v) is 5.21. The first-order valence-corrected chi connectivity index (χ1v) is 12.2. The molecule has 1 atom stereocenters. The number of benzene rings is 2. The summed E-state index contributed by atoms with van der Waals surface area (Å²) >= 11 is 5.19. The summed E-state index contributed by atoms with van der Waals surface area (Å²) in [5, 5.41) is 0.749. The van der Waals surface area contributed by atoms with Crippen LogP contribution in [0.1, 0.15) is 40.8 Å². The number of fused-ring (bicyclic) bond motifs is 3. The summed E-state index contributed by atoms with van der Waals surface area (Å²) in [5.41, 5.74) is 5.52. The number of halogens is 1. The molecule has 0 bridgehead atoms. The van der Waals surface area contributed by atoms with E-state index in [1.807, 2.05) is 24.5 Å². The molecule has 1 spiro atoms. The van der Waals surface area contributed by atoms with Gasteiger partial charge in [0.15, 0.2) is 5.16 Å². The Morgan fingerprint density at radius 1 is 1.17 bits per heavy atom. The Balaban J connectivity index is 1.49. The topological polar surface area (TPSA) is 44.2 Å². The summed E-state index contributed by atoms with van der Waals surface area (Å²) in [6.07, 6.45) is 6.00. The highest BCUT2D eigenvalue weighted by molar-refractivity contribution is 9.10. The Labute approximate surface area is 189 Å². The molecule has 0 saturated heterocycles. The van der Waals surface area contributed by atoms with Gasteiger partial charge in [-0.25, -0.2) is 4.98 Å². The van der Waals surface area contributed by atoms with Gasteiger partial charge in [0, 0.05) is 10.9 Å². The van der Waals surface area contributed by atoms with E-state index in [-0.39, 0.29) is 5.60 Å². The maximum absolute atomic E-state index is 6.59. The van der Waals surface area contributed by atoms with Gasteiger partial charge in [-0.3, -0.25) is 0 Å². The van der Waals surface area contributed by atoms with Gasteiger partial charge >= 0.3 is 0 Å². The molecule has 1 aliphatic carbocycles. The molecule has 1 aliphatic heterocycles. The van der Waals surface area contributed by atoms with E-state index in [1.54, 1.807) is 11.8 Å². The number of hydrogen-bond donors (Lipinski definition) is 0. The highest BCUT2D eigenvalue weighted by Gasteiger charge is 2.42. The molecule has 30 heavy (non-hydrogen) atoms. The van der Waals surface area contributed by atoms with E-state index in [4.69, 9.17) is 14.5 Å². The molecule has 4 nitrogen and oxygen atoms in total. The van der Waals surface area contributed by atoms with Crippen molar-refractivity contribution in [3.05, 3.63) is 81.0 Å². The maximum Gasteiger partial charge on any atom is 0.223 e. The van der Waals surface area contributed by atoms with E-state index in [0.29, 0.717) is 19.1 Å². The minimum absolute atomic E-state index is 0.314. The molecule has 0 unspecified atom stereocenters. The number of aryl methyl sites for hydroxylation is 1. The molecule has 0 saturated carbocycles. The molecule has 0 fully saturated rings. The van der Waals surface area contributed by atoms with E-state index in [1.165, 1.54) is 11.1 Å². The first kappa shape index (κ1) is 20.0. The molecule has 2 aliphatic rings. The third-order valence-corrected chi connectivity index (χ3v) is 7.01. The van der Waals surface area contributed by atoms with Crippen molar-refractivity contribution in [3.63, 3.8) is 0 Å². The lowest BCUT2D eigenvalue weighted by atomic mass is 9.75. The van der Waals surface area contributed by atoms with Crippen LogP contribution in [-0.2, 0) is 36.4 Å². The van der Waals surface area contributed by atoms with Crippen LogP contribution in [0.15, 0.2) is 58.2 Å². The zero-order valence-corrected chi connectivity index (χ0v) is 19.3. The number of nitrogens with zero attached hydrogens (tertiary/aromatic N) is 2. The Morgan fingerprint density at radius 2 is 2.03 bits per heavy atom. The largest absolute Gasteiger partial charge is 0.472 e. The molecule has 0 radical (unpaired) electrons. The van der Waals surface area contributed by atoms with Crippen LogP contribution in [0, 0.1) is 0 Å². The highest BCUT2D eigenvalue weighted by Crippen LogP contribution is 2.46. The Morgan fingerprint density at radius 3 is 2.87 bits per heavy atom. The number of rotatable bonds is 4. The molecule has 154 valence electrons. The van der Waals surface area contributed by atoms with Gasteiger partial charge < -0.3 is 9.47 Å². The van der Waals surface area contributed by atoms with Crippen molar-refractivity contribution < 1.29 is 9.47 Å². The van der Waals surface area contributed by atoms with Gasteiger partial charge in [-0.15, -0.1) is 0 Å². The Kier molecular flexibility index (Phi) is 5.56. The SMILES string of the molecule is CSc1nc2c(c(OCc3ccccc3)n1)CO[C@@]1(CCCc3ccc(Br)cc31)C2. The molecule has 6 heteroatoms. The fourth-order valence-electron chi connectivity index (χ4n) is 4.47. The average Bonchev–Trinajstić information content (AvgIpc) is 2.78. The molecule has 1 aromatic heterocycles. The molecular formula is C24H23BrN2O2S. The van der Waals surface area contributed by atoms with E-state index in [9.17, 15) is 0 Å². The second-order valence-corrected chi connectivity index (χ2v) is 9.52. The van der Waals surface area contributed by atoms with Crippen molar-refractivity contribution in [2.75, 3.05) is 6.26 Å². The van der Waals surface area contributed by atoms with Gasteiger partial charge in [0.05, 0.1) is 23.5 Å². The summed E-state index contributed by atoms with van der Waals surface area (Å²) in [6.45, 7) is 0.957. The molecule has 0 N–H and O–H groups in total. The quantitative estimate of drug-likeness (QED) is 0.344. The average molecular weight is 483 g/mol. The second-order valence-electron chi connectivity index (χ2n) is 7.83. The monoisotopic (exact) mass is 482 g/mol. The first-order valence-electron chi connectivity index (χ1n) is 10.2. The normalized spacial score (nSPS) is 19.9. The summed E-state index contributed by atoms with van der Waals surface area (Å²) in [6, 6.07) is 16.7. The van der Waals surface area contributed by atoms with E-state index in [0.717, 1.165) is 52.1 Å². The predicted octanol–water partition coefficient (Wildman–Crippen LogP) is 5.84. The predicted molar refractivity (Wildman–Crippen MR) is 122 cm³/mol. The van der Waals surface area contributed by atoms with Crippen LogP contribution >= 0.6 is 27.7 Å². The van der Waals surface area contributed by atoms with Gasteiger partial charge in [-0.1, -0.05) is 64.1 Å². The van der Waals surface area contributed by atoms with Crippen LogP contribution in [0.3, 0.4) is 0 Å². The van der Waals surface area contributed by atoms with Crippen molar-refractivity contribution in [1.29, 1.82) is 0 Å². The summed E-state index contributed by atoms with van der Waals surface area (Å²) in [7, 11) is 0. The minimum atomic E-state index is -0.314. The molecular weight excluding hydrogens is 460 g/mol. The lowest BCUT2D eigenvalue weighted by Gasteiger charge is -2.42. The first-order chi connectivity index (χ1) is 14.7. The molecule has 2 heterocycles. The third kappa shape index (κ3) is 3.77. The lowest BCUT2D eigenvalue weighted by Crippen LogP contribution is -2.40. The summed E-state index contributed by atoms with van der Waals surface area (Å²) in [5.74, 6) is 0.647. The third-order valence-electron chi connectivity index (χ3n) is 5.97. The van der Waals surface area contributed by atoms with Crippen LogP contribution in [-0.4, -0.2) is 16.2 Å². The van der Waals surface area contributed by atoms with Crippen LogP contribution in [0.4, 0.5) is 0 Å². The van der Waals surface area contributed by atoms with Crippen molar-refractivity contribution in [3.8, 4) is 5.88 Å². The second kappa shape index (κ2) is 8.33. The minimum Gasteiger partial charge on any atom is -0.472 e. The zero-order valence-electron chi connectivity index (χ0n) is 16.9. The van der Waals surface area contributed by atoms with Crippen molar-refractivity contribution >= 4 is 27.7 Å². The number of hydrogen-bond acceptors (Lipinski definition) is 5. The van der Waals surface area contributed by atoms with Crippen LogP contribution in [0.5, 0.6) is 5.88 Å². The van der Waals surface area contributed by atoms with Gasteiger partial charge in [0.2, 0.25) is 5.88 Å². The Hall–Kier alpha value is -1.89. The number of thioether (sulfide) groups is 1.